The summed E-state index contributed by atoms with van der Waals surface area (Å²) in [6.45, 7) is 20.7. The summed E-state index contributed by atoms with van der Waals surface area (Å²) in [6, 6.07) is 2.14. The molecule has 0 saturated carbocycles. The number of hydrogen-bond donors (Lipinski definition) is 1. The second-order valence-corrected chi connectivity index (χ2v) is 12.0. The Hall–Kier alpha value is -0.980. The van der Waals surface area contributed by atoms with Crippen LogP contribution in [0.1, 0.15) is 128 Å². The van der Waals surface area contributed by atoms with Crippen molar-refractivity contribution in [3.8, 4) is 5.75 Å². The highest BCUT2D eigenvalue weighted by molar-refractivity contribution is 5.48. The van der Waals surface area contributed by atoms with Crippen molar-refractivity contribution in [3.05, 3.63) is 28.3 Å². The van der Waals surface area contributed by atoms with Crippen molar-refractivity contribution >= 4 is 0 Å². The molecule has 0 radical (unpaired) electrons. The minimum absolute atomic E-state index is 0.365. The molecule has 1 heteroatoms. The molecule has 0 aliphatic heterocycles. The largest absolute Gasteiger partial charge is 0.507 e. The van der Waals surface area contributed by atoms with Crippen LogP contribution >= 0.6 is 0 Å². The molecule has 31 heavy (non-hydrogen) atoms. The van der Waals surface area contributed by atoms with E-state index in [2.05, 4.69) is 61.5 Å². The lowest BCUT2D eigenvalue weighted by molar-refractivity contribution is 0.282. The molecule has 1 aromatic carbocycles. The second kappa shape index (κ2) is 13.5. The quantitative estimate of drug-likeness (QED) is 0.293. The van der Waals surface area contributed by atoms with Gasteiger partial charge in [-0.05, 0) is 85.5 Å². The zero-order valence-electron chi connectivity index (χ0n) is 22.5. The molecule has 0 fully saturated rings. The number of aromatic hydroxyl groups is 1. The SMILES string of the molecule is Cc1cc(C)c(CCC(C)(C)CCC[C@H](C)CCC[C@H](C)CCCC(C)C)c(C)c1O. The maximum absolute atomic E-state index is 10.3. The summed E-state index contributed by atoms with van der Waals surface area (Å²) in [6.07, 6.45) is 14.7. The topological polar surface area (TPSA) is 20.2 Å². The number of phenolic OH excluding ortho intramolecular Hbond substituents is 1. The van der Waals surface area contributed by atoms with Crippen LogP contribution in [-0.4, -0.2) is 5.11 Å². The van der Waals surface area contributed by atoms with Crippen LogP contribution in [0.3, 0.4) is 0 Å². The molecule has 0 bridgehead atoms. The summed E-state index contributed by atoms with van der Waals surface area (Å²) in [5, 5.41) is 10.3. The van der Waals surface area contributed by atoms with E-state index >= 15 is 0 Å². The third kappa shape index (κ3) is 10.9. The highest BCUT2D eigenvalue weighted by Crippen LogP contribution is 2.34. The fraction of sp³-hybridized carbons (Fsp3) is 0.800. The number of benzene rings is 1. The molecule has 1 aromatic rings. The summed E-state index contributed by atoms with van der Waals surface area (Å²) in [7, 11) is 0. The molecule has 180 valence electrons. The standard InChI is InChI=1S/C30H54O/c1-22(2)13-10-14-23(3)15-11-16-24(4)17-12-19-30(8,9)20-18-28-25(5)21-26(6)29(31)27(28)7/h21-24,31H,10-20H2,1-9H3/t23-,24-/m1/s1. The predicted molar refractivity (Wildman–Crippen MR) is 139 cm³/mol. The van der Waals surface area contributed by atoms with Crippen LogP contribution in [0.25, 0.3) is 0 Å². The van der Waals surface area contributed by atoms with Crippen molar-refractivity contribution in [2.45, 2.75) is 133 Å². The molecule has 0 aliphatic carbocycles. The Kier molecular flexibility index (Phi) is 12.3. The van der Waals surface area contributed by atoms with E-state index in [0.717, 1.165) is 35.3 Å². The van der Waals surface area contributed by atoms with Crippen molar-refractivity contribution in [2.75, 3.05) is 0 Å². The van der Waals surface area contributed by atoms with Gasteiger partial charge in [-0.3, -0.25) is 0 Å². The van der Waals surface area contributed by atoms with Crippen LogP contribution in [-0.2, 0) is 6.42 Å². The zero-order chi connectivity index (χ0) is 23.6. The zero-order valence-corrected chi connectivity index (χ0v) is 22.5. The van der Waals surface area contributed by atoms with Gasteiger partial charge in [-0.25, -0.2) is 0 Å². The summed E-state index contributed by atoms with van der Waals surface area (Å²) in [5.74, 6) is 3.10. The molecule has 0 heterocycles. The Balaban J connectivity index is 2.29. The predicted octanol–water partition coefficient (Wildman–Crippen LogP) is 9.72. The van der Waals surface area contributed by atoms with Crippen molar-refractivity contribution in [2.24, 2.45) is 23.2 Å². The third-order valence-corrected chi connectivity index (χ3v) is 7.56. The lowest BCUT2D eigenvalue weighted by Gasteiger charge is -2.26. The molecule has 0 saturated heterocycles. The molecule has 2 atom stereocenters. The summed E-state index contributed by atoms with van der Waals surface area (Å²) in [4.78, 5) is 0. The van der Waals surface area contributed by atoms with Gasteiger partial charge in [0.2, 0.25) is 0 Å². The molecule has 0 amide bonds. The second-order valence-electron chi connectivity index (χ2n) is 12.0. The molecule has 0 aliphatic rings. The molecular weight excluding hydrogens is 376 g/mol. The van der Waals surface area contributed by atoms with Gasteiger partial charge in [-0.1, -0.05) is 99.0 Å². The Morgan fingerprint density at radius 1 is 0.742 bits per heavy atom. The molecule has 1 rings (SSSR count). The monoisotopic (exact) mass is 430 g/mol. The van der Waals surface area contributed by atoms with E-state index in [0.29, 0.717) is 11.2 Å². The van der Waals surface area contributed by atoms with Crippen LogP contribution in [0, 0.1) is 43.9 Å². The lowest BCUT2D eigenvalue weighted by Crippen LogP contribution is -2.14. The first-order valence-corrected chi connectivity index (χ1v) is 13.2. The lowest BCUT2D eigenvalue weighted by atomic mass is 9.79. The van der Waals surface area contributed by atoms with Gasteiger partial charge < -0.3 is 5.11 Å². The molecular formula is C30H54O. The Bertz CT molecular complexity index is 640. The van der Waals surface area contributed by atoms with Crippen molar-refractivity contribution in [1.82, 2.24) is 0 Å². The van der Waals surface area contributed by atoms with Gasteiger partial charge in [0.05, 0.1) is 0 Å². The molecule has 0 unspecified atom stereocenters. The van der Waals surface area contributed by atoms with Crippen LogP contribution < -0.4 is 0 Å². The smallest absolute Gasteiger partial charge is 0.121 e. The molecule has 1 nitrogen and oxygen atoms in total. The maximum Gasteiger partial charge on any atom is 0.121 e. The summed E-state index contributed by atoms with van der Waals surface area (Å²) >= 11 is 0. The first-order chi connectivity index (χ1) is 14.4. The van der Waals surface area contributed by atoms with E-state index in [4.69, 9.17) is 0 Å². The number of hydrogen-bond acceptors (Lipinski definition) is 1. The van der Waals surface area contributed by atoms with Crippen molar-refractivity contribution in [1.29, 1.82) is 0 Å². The van der Waals surface area contributed by atoms with Crippen molar-refractivity contribution in [3.63, 3.8) is 0 Å². The average Bonchev–Trinajstić information content (AvgIpc) is 2.65. The normalized spacial score (nSPS) is 14.3. The van der Waals surface area contributed by atoms with Gasteiger partial charge in [0.15, 0.2) is 0 Å². The Morgan fingerprint density at radius 3 is 1.81 bits per heavy atom. The fourth-order valence-corrected chi connectivity index (χ4v) is 5.09. The van der Waals surface area contributed by atoms with Gasteiger partial charge in [0.1, 0.15) is 5.75 Å². The Labute approximate surface area is 195 Å². The van der Waals surface area contributed by atoms with Gasteiger partial charge in [-0.15, -0.1) is 0 Å². The molecule has 1 N–H and O–H groups in total. The summed E-state index contributed by atoms with van der Waals surface area (Å²) in [5.41, 5.74) is 5.13. The van der Waals surface area contributed by atoms with Crippen LogP contribution in [0.4, 0.5) is 0 Å². The van der Waals surface area contributed by atoms with Gasteiger partial charge in [-0.2, -0.15) is 0 Å². The van der Waals surface area contributed by atoms with E-state index in [-0.39, 0.29) is 0 Å². The van der Waals surface area contributed by atoms with E-state index in [1.165, 1.54) is 75.3 Å². The average molecular weight is 431 g/mol. The van der Waals surface area contributed by atoms with Gasteiger partial charge >= 0.3 is 0 Å². The van der Waals surface area contributed by atoms with Crippen LogP contribution in [0.2, 0.25) is 0 Å². The van der Waals surface area contributed by atoms with E-state index in [9.17, 15) is 5.11 Å². The highest BCUT2D eigenvalue weighted by atomic mass is 16.3. The van der Waals surface area contributed by atoms with Crippen molar-refractivity contribution < 1.29 is 5.11 Å². The first kappa shape index (κ1) is 28.1. The minimum Gasteiger partial charge on any atom is -0.507 e. The molecule has 0 spiro atoms. The third-order valence-electron chi connectivity index (χ3n) is 7.56. The number of phenols is 1. The van der Waals surface area contributed by atoms with E-state index in [1.807, 2.05) is 6.92 Å². The summed E-state index contributed by atoms with van der Waals surface area (Å²) < 4.78 is 0. The molecule has 0 aromatic heterocycles. The van der Waals surface area contributed by atoms with Crippen LogP contribution in [0.15, 0.2) is 6.07 Å². The van der Waals surface area contributed by atoms with Gasteiger partial charge in [0, 0.05) is 0 Å². The highest BCUT2D eigenvalue weighted by Gasteiger charge is 2.20. The van der Waals surface area contributed by atoms with E-state index < -0.39 is 0 Å². The fourth-order valence-electron chi connectivity index (χ4n) is 5.09. The van der Waals surface area contributed by atoms with Gasteiger partial charge in [0.25, 0.3) is 0 Å². The van der Waals surface area contributed by atoms with E-state index in [1.54, 1.807) is 0 Å². The number of aryl methyl sites for hydroxylation is 2. The van der Waals surface area contributed by atoms with Crippen LogP contribution in [0.5, 0.6) is 5.75 Å². The first-order valence-electron chi connectivity index (χ1n) is 13.2. The minimum atomic E-state index is 0.365. The Morgan fingerprint density at radius 2 is 1.26 bits per heavy atom. The number of rotatable bonds is 15. The maximum atomic E-state index is 10.3.